The van der Waals surface area contributed by atoms with Crippen molar-refractivity contribution in [3.8, 4) is 0 Å². The number of nitrogens with one attached hydrogen (secondary N) is 2. The fraction of sp³-hybridized carbons (Fsp3) is 0.923. The van der Waals surface area contributed by atoms with Crippen molar-refractivity contribution in [2.24, 2.45) is 0 Å². The maximum Gasteiger partial charge on any atom is 0.221 e. The normalized spacial score (nSPS) is 24.2. The van der Waals surface area contributed by atoms with Gasteiger partial charge in [-0.15, -0.1) is 0 Å². The van der Waals surface area contributed by atoms with Crippen LogP contribution in [0.15, 0.2) is 0 Å². The van der Waals surface area contributed by atoms with Gasteiger partial charge in [-0.1, -0.05) is 20.8 Å². The Kier molecular flexibility index (Phi) is 6.97. The first-order valence-corrected chi connectivity index (χ1v) is 7.81. The molecule has 0 heterocycles. The van der Waals surface area contributed by atoms with Crippen molar-refractivity contribution >= 4 is 17.7 Å². The minimum atomic E-state index is 0.199. The molecule has 0 saturated heterocycles. The minimum absolute atomic E-state index is 0.199. The second-order valence-corrected chi connectivity index (χ2v) is 6.59. The fourth-order valence-corrected chi connectivity index (χ4v) is 3.38. The van der Waals surface area contributed by atoms with Crippen LogP contribution < -0.4 is 10.6 Å². The molecule has 3 nitrogen and oxygen atoms in total. The molecular weight excluding hydrogens is 232 g/mol. The third kappa shape index (κ3) is 6.32. The average Bonchev–Trinajstić information content (AvgIpc) is 2.65. The molecule has 0 aromatic carbocycles. The Bertz CT molecular complexity index is 233. The van der Waals surface area contributed by atoms with Gasteiger partial charge in [-0.3, -0.25) is 4.79 Å². The number of carbonyl (C=O) groups is 1. The number of hydrogen-bond acceptors (Lipinski definition) is 3. The van der Waals surface area contributed by atoms with Gasteiger partial charge in [-0.2, -0.15) is 11.8 Å². The molecule has 0 spiro atoms. The molecule has 1 fully saturated rings. The van der Waals surface area contributed by atoms with Crippen LogP contribution in [0.25, 0.3) is 0 Å². The van der Waals surface area contributed by atoms with E-state index in [1.807, 2.05) is 11.8 Å². The summed E-state index contributed by atoms with van der Waals surface area (Å²) in [7, 11) is 0. The monoisotopic (exact) mass is 258 g/mol. The number of hydrogen-bond donors (Lipinski definition) is 2. The molecule has 1 rings (SSSR count). The summed E-state index contributed by atoms with van der Waals surface area (Å²) >= 11 is 2.03. The first-order chi connectivity index (χ1) is 8.11. The molecule has 4 heteroatoms. The number of rotatable bonds is 7. The molecule has 1 saturated carbocycles. The van der Waals surface area contributed by atoms with Gasteiger partial charge in [0.05, 0.1) is 0 Å². The highest BCUT2D eigenvalue weighted by Gasteiger charge is 2.25. The van der Waals surface area contributed by atoms with Crippen molar-refractivity contribution in [2.45, 2.75) is 63.8 Å². The van der Waals surface area contributed by atoms with Gasteiger partial charge in [0.2, 0.25) is 5.91 Å². The standard InChI is InChI=1S/C13H26N2OS/c1-4-17-12-6-5-11(9-12)15-13(16)7-8-14-10(2)3/h10-12,14H,4-9H2,1-3H3,(H,15,16). The van der Waals surface area contributed by atoms with Crippen LogP contribution in [0.3, 0.4) is 0 Å². The molecule has 2 unspecified atom stereocenters. The number of carbonyl (C=O) groups excluding carboxylic acids is 1. The first-order valence-electron chi connectivity index (χ1n) is 6.76. The molecule has 17 heavy (non-hydrogen) atoms. The van der Waals surface area contributed by atoms with Crippen LogP contribution in [0.5, 0.6) is 0 Å². The fourth-order valence-electron chi connectivity index (χ4n) is 2.23. The van der Waals surface area contributed by atoms with E-state index in [0.717, 1.165) is 24.6 Å². The quantitative estimate of drug-likeness (QED) is 0.735. The molecule has 1 aliphatic carbocycles. The predicted octanol–water partition coefficient (Wildman–Crippen LogP) is 2.16. The molecule has 100 valence electrons. The van der Waals surface area contributed by atoms with E-state index in [4.69, 9.17) is 0 Å². The van der Waals surface area contributed by atoms with Gasteiger partial charge < -0.3 is 10.6 Å². The summed E-state index contributed by atoms with van der Waals surface area (Å²) in [5, 5.41) is 7.18. The lowest BCUT2D eigenvalue weighted by atomic mass is 10.2. The van der Waals surface area contributed by atoms with Crippen LogP contribution in [0.4, 0.5) is 0 Å². The van der Waals surface area contributed by atoms with E-state index in [0.29, 0.717) is 18.5 Å². The Morgan fingerprint density at radius 2 is 2.18 bits per heavy atom. The molecule has 0 aromatic heterocycles. The van der Waals surface area contributed by atoms with Crippen LogP contribution in [0.2, 0.25) is 0 Å². The molecular formula is C13H26N2OS. The van der Waals surface area contributed by atoms with E-state index >= 15 is 0 Å². The van der Waals surface area contributed by atoms with E-state index in [2.05, 4.69) is 31.4 Å². The minimum Gasteiger partial charge on any atom is -0.353 e. The molecule has 2 atom stereocenters. The topological polar surface area (TPSA) is 41.1 Å². The van der Waals surface area contributed by atoms with E-state index in [-0.39, 0.29) is 5.91 Å². The Labute approximate surface area is 109 Å². The Morgan fingerprint density at radius 3 is 2.82 bits per heavy atom. The van der Waals surface area contributed by atoms with Crippen molar-refractivity contribution in [3.63, 3.8) is 0 Å². The summed E-state index contributed by atoms with van der Waals surface area (Å²) in [6, 6.07) is 0.880. The van der Waals surface area contributed by atoms with E-state index in [9.17, 15) is 4.79 Å². The van der Waals surface area contributed by atoms with Crippen LogP contribution >= 0.6 is 11.8 Å². The van der Waals surface area contributed by atoms with Crippen molar-refractivity contribution in [3.05, 3.63) is 0 Å². The SMILES string of the molecule is CCSC1CCC(NC(=O)CCNC(C)C)C1. The lowest BCUT2D eigenvalue weighted by molar-refractivity contribution is -0.121. The van der Waals surface area contributed by atoms with Gasteiger partial charge in [0.25, 0.3) is 0 Å². The van der Waals surface area contributed by atoms with Gasteiger partial charge in [0, 0.05) is 30.3 Å². The zero-order valence-corrected chi connectivity index (χ0v) is 12.1. The highest BCUT2D eigenvalue weighted by molar-refractivity contribution is 7.99. The van der Waals surface area contributed by atoms with Crippen LogP contribution in [-0.2, 0) is 4.79 Å². The predicted molar refractivity (Wildman–Crippen MR) is 75.5 cm³/mol. The van der Waals surface area contributed by atoms with E-state index < -0.39 is 0 Å². The highest BCUT2D eigenvalue weighted by Crippen LogP contribution is 2.29. The Morgan fingerprint density at radius 1 is 1.41 bits per heavy atom. The van der Waals surface area contributed by atoms with Crippen LogP contribution in [0.1, 0.15) is 46.5 Å². The van der Waals surface area contributed by atoms with Crippen molar-refractivity contribution in [1.29, 1.82) is 0 Å². The summed E-state index contributed by atoms with van der Waals surface area (Å²) in [6.45, 7) is 7.18. The summed E-state index contributed by atoms with van der Waals surface area (Å²) in [6.07, 6.45) is 4.16. The average molecular weight is 258 g/mol. The van der Waals surface area contributed by atoms with Gasteiger partial charge in [-0.05, 0) is 25.0 Å². The summed E-state index contributed by atoms with van der Waals surface area (Å²) < 4.78 is 0. The molecule has 0 radical (unpaired) electrons. The lowest BCUT2D eigenvalue weighted by Gasteiger charge is -2.14. The Hall–Kier alpha value is -0.220. The molecule has 0 aromatic rings. The lowest BCUT2D eigenvalue weighted by Crippen LogP contribution is -2.36. The molecule has 0 aliphatic heterocycles. The Balaban J connectivity index is 2.11. The maximum absolute atomic E-state index is 11.7. The van der Waals surface area contributed by atoms with Gasteiger partial charge >= 0.3 is 0 Å². The first kappa shape index (κ1) is 14.8. The molecule has 0 bridgehead atoms. The van der Waals surface area contributed by atoms with Crippen molar-refractivity contribution in [2.75, 3.05) is 12.3 Å². The smallest absolute Gasteiger partial charge is 0.221 e. The maximum atomic E-state index is 11.7. The summed E-state index contributed by atoms with van der Waals surface area (Å²) in [4.78, 5) is 11.7. The summed E-state index contributed by atoms with van der Waals surface area (Å²) in [5.74, 6) is 1.38. The largest absolute Gasteiger partial charge is 0.353 e. The van der Waals surface area contributed by atoms with Gasteiger partial charge in [0.15, 0.2) is 0 Å². The van der Waals surface area contributed by atoms with E-state index in [1.165, 1.54) is 12.2 Å². The van der Waals surface area contributed by atoms with Crippen molar-refractivity contribution in [1.82, 2.24) is 10.6 Å². The second-order valence-electron chi connectivity index (χ2n) is 5.01. The third-order valence-corrected chi connectivity index (χ3v) is 4.29. The molecule has 1 aliphatic rings. The number of amides is 1. The zero-order valence-electron chi connectivity index (χ0n) is 11.3. The third-order valence-electron chi connectivity index (χ3n) is 3.06. The van der Waals surface area contributed by atoms with Gasteiger partial charge in [0.1, 0.15) is 0 Å². The number of thioether (sulfide) groups is 1. The van der Waals surface area contributed by atoms with Crippen LogP contribution in [0, 0.1) is 0 Å². The zero-order chi connectivity index (χ0) is 12.7. The van der Waals surface area contributed by atoms with E-state index in [1.54, 1.807) is 0 Å². The molecule has 1 amide bonds. The van der Waals surface area contributed by atoms with Crippen LogP contribution in [-0.4, -0.2) is 35.5 Å². The summed E-state index contributed by atoms with van der Waals surface area (Å²) in [5.41, 5.74) is 0. The second kappa shape index (κ2) is 7.98. The molecule has 2 N–H and O–H groups in total. The van der Waals surface area contributed by atoms with Crippen molar-refractivity contribution < 1.29 is 4.79 Å². The highest BCUT2D eigenvalue weighted by atomic mass is 32.2. The van der Waals surface area contributed by atoms with Gasteiger partial charge in [-0.25, -0.2) is 0 Å².